The van der Waals surface area contributed by atoms with E-state index in [1.165, 1.54) is 0 Å². The van der Waals surface area contributed by atoms with Gasteiger partial charge in [0.1, 0.15) is 11.6 Å². The monoisotopic (exact) mass is 419 g/mol. The van der Waals surface area contributed by atoms with Crippen LogP contribution in [0.2, 0.25) is 0 Å². The molecule has 29 heavy (non-hydrogen) atoms. The summed E-state index contributed by atoms with van der Waals surface area (Å²) in [5, 5.41) is 0. The third-order valence-electron chi connectivity index (χ3n) is 3.95. The molecule has 1 heterocycles. The maximum absolute atomic E-state index is 14.1. The van der Waals surface area contributed by atoms with E-state index in [2.05, 4.69) is 4.98 Å². The zero-order chi connectivity index (χ0) is 20.9. The molecule has 0 aliphatic heterocycles. The first kappa shape index (κ1) is 20.9. The van der Waals surface area contributed by atoms with Gasteiger partial charge in [-0.05, 0) is 23.8 Å². The number of para-hydroxylation sites is 1. The molecule has 0 spiro atoms. The fourth-order valence-corrected chi connectivity index (χ4v) is 3.50. The van der Waals surface area contributed by atoms with Crippen molar-refractivity contribution in [1.29, 1.82) is 0 Å². The summed E-state index contributed by atoms with van der Waals surface area (Å²) in [6, 6.07) is 11.5. The van der Waals surface area contributed by atoms with Crippen molar-refractivity contribution in [3.8, 4) is 11.5 Å². The van der Waals surface area contributed by atoms with Gasteiger partial charge < -0.3 is 9.47 Å². The number of ether oxygens (including phenoxy) is 2. The summed E-state index contributed by atoms with van der Waals surface area (Å²) in [4.78, 5) is 4.01. The van der Waals surface area contributed by atoms with Crippen LogP contribution in [-0.4, -0.2) is 19.7 Å². The molecule has 0 unspecified atom stereocenters. The predicted molar refractivity (Wildman–Crippen MR) is 104 cm³/mol. The van der Waals surface area contributed by atoms with Gasteiger partial charge in [-0.1, -0.05) is 24.3 Å². The molecule has 0 bridgehead atoms. The van der Waals surface area contributed by atoms with Gasteiger partial charge in [0.15, 0.2) is 21.4 Å². The van der Waals surface area contributed by atoms with Gasteiger partial charge in [-0.2, -0.15) is 0 Å². The Labute approximate surface area is 167 Å². The highest BCUT2D eigenvalue weighted by atomic mass is 32.2. The molecule has 1 aromatic heterocycles. The number of halogens is 2. The number of benzene rings is 2. The Morgan fingerprint density at radius 1 is 1.00 bits per heavy atom. The number of pyridine rings is 1. The van der Waals surface area contributed by atoms with Crippen molar-refractivity contribution in [3.63, 3.8) is 0 Å². The summed E-state index contributed by atoms with van der Waals surface area (Å²) in [7, 11) is -3.37. The highest BCUT2D eigenvalue weighted by molar-refractivity contribution is 7.89. The van der Waals surface area contributed by atoms with E-state index in [1.54, 1.807) is 36.7 Å². The summed E-state index contributed by atoms with van der Waals surface area (Å²) < 4.78 is 62.3. The highest BCUT2D eigenvalue weighted by Crippen LogP contribution is 2.33. The van der Waals surface area contributed by atoms with Gasteiger partial charge in [0.25, 0.3) is 0 Å². The Hall–Kier alpha value is -2.84. The summed E-state index contributed by atoms with van der Waals surface area (Å²) in [5.74, 6) is -1.95. The molecule has 152 valence electrons. The third-order valence-corrected chi connectivity index (χ3v) is 4.79. The van der Waals surface area contributed by atoms with Crippen LogP contribution in [0.25, 0.3) is 0 Å². The van der Waals surface area contributed by atoms with Crippen LogP contribution in [0.1, 0.15) is 16.7 Å². The fourth-order valence-electron chi connectivity index (χ4n) is 2.71. The Morgan fingerprint density at radius 2 is 1.79 bits per heavy atom. The zero-order valence-corrected chi connectivity index (χ0v) is 16.5. The van der Waals surface area contributed by atoms with Gasteiger partial charge >= 0.3 is 0 Å². The molecule has 3 aromatic rings. The van der Waals surface area contributed by atoms with Crippen molar-refractivity contribution in [2.24, 2.45) is 0 Å². The molecular weight excluding hydrogens is 400 g/mol. The average molecular weight is 419 g/mol. The molecule has 0 N–H and O–H groups in total. The van der Waals surface area contributed by atoms with Crippen LogP contribution in [0, 0.1) is 11.6 Å². The summed E-state index contributed by atoms with van der Waals surface area (Å²) in [5.41, 5.74) is 1.77. The molecule has 0 radical (unpaired) electrons. The van der Waals surface area contributed by atoms with Gasteiger partial charge in [-0.15, -0.1) is 0 Å². The van der Waals surface area contributed by atoms with Gasteiger partial charge in [0.2, 0.25) is 0 Å². The number of nitrogens with zero attached hydrogens (tertiary/aromatic N) is 1. The lowest BCUT2D eigenvalue weighted by Gasteiger charge is -2.16. The average Bonchev–Trinajstić information content (AvgIpc) is 2.65. The smallest absolute Gasteiger partial charge is 0.168 e. The van der Waals surface area contributed by atoms with Crippen LogP contribution in [0.3, 0.4) is 0 Å². The Balaban J connectivity index is 1.88. The van der Waals surface area contributed by atoms with E-state index in [1.807, 2.05) is 6.07 Å². The first-order valence-corrected chi connectivity index (χ1v) is 10.8. The van der Waals surface area contributed by atoms with Gasteiger partial charge in [0.05, 0.1) is 19.0 Å². The zero-order valence-electron chi connectivity index (χ0n) is 15.6. The first-order chi connectivity index (χ1) is 13.8. The minimum absolute atomic E-state index is 0.102. The van der Waals surface area contributed by atoms with Crippen molar-refractivity contribution in [1.82, 2.24) is 4.98 Å². The Morgan fingerprint density at radius 3 is 2.48 bits per heavy atom. The van der Waals surface area contributed by atoms with Crippen LogP contribution in [0.15, 0.2) is 60.9 Å². The van der Waals surface area contributed by atoms with Crippen molar-refractivity contribution in [2.45, 2.75) is 19.0 Å². The van der Waals surface area contributed by atoms with E-state index in [-0.39, 0.29) is 30.5 Å². The standard InChI is InChI=1S/C21H19F2NO4S/c1-29(25,26)14-17-6-2-5-16(13-27-12-15-4-3-9-24-11-15)21(17)28-20-8-7-18(22)10-19(20)23/h2-11H,12-14H2,1H3. The molecule has 8 heteroatoms. The lowest BCUT2D eigenvalue weighted by molar-refractivity contribution is 0.105. The lowest BCUT2D eigenvalue weighted by atomic mass is 10.1. The van der Waals surface area contributed by atoms with Crippen LogP contribution in [-0.2, 0) is 33.5 Å². The Kier molecular flexibility index (Phi) is 6.56. The fraction of sp³-hybridized carbons (Fsp3) is 0.190. The predicted octanol–water partition coefficient (Wildman–Crippen LogP) is 4.41. The van der Waals surface area contributed by atoms with Crippen LogP contribution in [0.5, 0.6) is 11.5 Å². The van der Waals surface area contributed by atoms with Crippen molar-refractivity contribution < 1.29 is 26.7 Å². The molecule has 0 atom stereocenters. The molecule has 0 saturated heterocycles. The maximum Gasteiger partial charge on any atom is 0.168 e. The topological polar surface area (TPSA) is 65.5 Å². The molecular formula is C21H19F2NO4S. The van der Waals surface area contributed by atoms with Crippen molar-refractivity contribution in [2.75, 3.05) is 6.26 Å². The van der Waals surface area contributed by atoms with E-state index in [9.17, 15) is 17.2 Å². The maximum atomic E-state index is 14.1. The van der Waals surface area contributed by atoms with Crippen LogP contribution >= 0.6 is 0 Å². The summed E-state index contributed by atoms with van der Waals surface area (Å²) >= 11 is 0. The Bertz CT molecular complexity index is 1090. The van der Waals surface area contributed by atoms with Gasteiger partial charge in [0, 0.05) is 35.8 Å². The number of hydrogen-bond acceptors (Lipinski definition) is 5. The number of hydrogen-bond donors (Lipinski definition) is 0. The van der Waals surface area contributed by atoms with Crippen LogP contribution in [0.4, 0.5) is 8.78 Å². The van der Waals surface area contributed by atoms with E-state index >= 15 is 0 Å². The van der Waals surface area contributed by atoms with Crippen molar-refractivity contribution >= 4 is 9.84 Å². The van der Waals surface area contributed by atoms with E-state index < -0.39 is 21.5 Å². The minimum Gasteiger partial charge on any atom is -0.454 e. The number of sulfone groups is 1. The van der Waals surface area contributed by atoms with Gasteiger partial charge in [-0.25, -0.2) is 17.2 Å². The van der Waals surface area contributed by atoms with Gasteiger partial charge in [-0.3, -0.25) is 4.98 Å². The minimum atomic E-state index is -3.37. The number of rotatable bonds is 8. The molecule has 0 aliphatic rings. The second kappa shape index (κ2) is 9.11. The summed E-state index contributed by atoms with van der Waals surface area (Å²) in [6.45, 7) is 0.388. The normalized spacial score (nSPS) is 11.4. The van der Waals surface area contributed by atoms with E-state index in [0.717, 1.165) is 24.0 Å². The number of aromatic nitrogens is 1. The molecule has 0 fully saturated rings. The lowest BCUT2D eigenvalue weighted by Crippen LogP contribution is -2.06. The molecule has 0 amide bonds. The summed E-state index contributed by atoms with van der Waals surface area (Å²) in [6.07, 6.45) is 4.42. The third kappa shape index (κ3) is 6.07. The van der Waals surface area contributed by atoms with E-state index in [0.29, 0.717) is 17.2 Å². The second-order valence-corrected chi connectivity index (χ2v) is 8.65. The second-order valence-electron chi connectivity index (χ2n) is 6.51. The van der Waals surface area contributed by atoms with Crippen molar-refractivity contribution in [3.05, 3.63) is 89.2 Å². The van der Waals surface area contributed by atoms with Crippen LogP contribution < -0.4 is 4.74 Å². The largest absolute Gasteiger partial charge is 0.454 e. The molecule has 5 nitrogen and oxygen atoms in total. The molecule has 0 aliphatic carbocycles. The first-order valence-electron chi connectivity index (χ1n) is 8.70. The molecule has 0 saturated carbocycles. The van der Waals surface area contributed by atoms with E-state index in [4.69, 9.17) is 9.47 Å². The SMILES string of the molecule is CS(=O)(=O)Cc1cccc(COCc2cccnc2)c1Oc1ccc(F)cc1F. The highest BCUT2D eigenvalue weighted by Gasteiger charge is 2.17. The molecule has 3 rings (SSSR count). The quantitative estimate of drug-likeness (QED) is 0.541. The molecule has 2 aromatic carbocycles.